The fraction of sp³-hybridized carbons (Fsp3) is 0.231. The maximum Gasteiger partial charge on any atom is 0.416 e. The number of hydrogen-bond donors (Lipinski definition) is 2. The third-order valence-electron chi connectivity index (χ3n) is 4.35. The number of benzene rings is 3. The molecule has 3 N–H and O–H groups in total. The van der Waals surface area contributed by atoms with Gasteiger partial charge in [-0.1, -0.05) is 24.3 Å². The molecule has 0 saturated carbocycles. The van der Waals surface area contributed by atoms with Gasteiger partial charge in [0, 0.05) is 5.56 Å². The summed E-state index contributed by atoms with van der Waals surface area (Å²) in [5.74, 6) is 0.668. The Balaban J connectivity index is 0.000000263. The number of alkyl halides is 3. The van der Waals surface area contributed by atoms with Gasteiger partial charge in [0.1, 0.15) is 17.8 Å². The van der Waals surface area contributed by atoms with Crippen molar-refractivity contribution in [3.63, 3.8) is 0 Å². The number of rotatable bonds is 7. The molecule has 3 rings (SSSR count). The number of nitrogens with two attached hydrogens (primary N) is 1. The monoisotopic (exact) mass is 491 g/mol. The van der Waals surface area contributed by atoms with E-state index < -0.39 is 17.7 Å². The van der Waals surface area contributed by atoms with Gasteiger partial charge < -0.3 is 20.3 Å². The molecule has 0 aliphatic heterocycles. The molecule has 0 aromatic heterocycles. The normalized spacial score (nSPS) is 10.1. The van der Waals surface area contributed by atoms with Gasteiger partial charge in [0.15, 0.2) is 0 Å². The van der Waals surface area contributed by atoms with Gasteiger partial charge in [0.2, 0.25) is 0 Å². The number of hydrogen-bond acceptors (Lipinski definition) is 5. The first-order valence-electron chi connectivity index (χ1n) is 10.6. The van der Waals surface area contributed by atoms with E-state index in [0.717, 1.165) is 30.9 Å². The first kappa shape index (κ1) is 29.2. The van der Waals surface area contributed by atoms with E-state index in [1.807, 2.05) is 19.1 Å². The highest BCUT2D eigenvalue weighted by Crippen LogP contribution is 2.29. The van der Waals surface area contributed by atoms with Gasteiger partial charge >= 0.3 is 12.1 Å². The van der Waals surface area contributed by atoms with Gasteiger partial charge in [-0.25, -0.2) is 4.79 Å². The van der Waals surface area contributed by atoms with Crippen molar-refractivity contribution in [2.45, 2.75) is 19.5 Å². The minimum Gasteiger partial charge on any atom is -0.497 e. The maximum absolute atomic E-state index is 12.0. The molecule has 0 aliphatic rings. The Hall–Kier alpha value is -3.85. The van der Waals surface area contributed by atoms with Gasteiger partial charge in [-0.2, -0.15) is 13.2 Å². The molecule has 0 atom stereocenters. The summed E-state index contributed by atoms with van der Waals surface area (Å²) >= 11 is 0. The predicted octanol–water partition coefficient (Wildman–Crippen LogP) is 5.50. The van der Waals surface area contributed by atoms with E-state index in [2.05, 4.69) is 12.1 Å². The summed E-state index contributed by atoms with van der Waals surface area (Å²) in [6, 6.07) is 18.6. The number of ether oxygens (including phenoxy) is 2. The Morgan fingerprint density at radius 2 is 1.60 bits per heavy atom. The summed E-state index contributed by atoms with van der Waals surface area (Å²) < 4.78 is 46.1. The number of carbonyl (C=O) groups excluding carboxylic acids is 1. The quantitative estimate of drug-likeness (QED) is 0.424. The molecule has 0 bridgehead atoms. The summed E-state index contributed by atoms with van der Waals surface area (Å²) in [4.78, 5) is 20.5. The van der Waals surface area contributed by atoms with Crippen LogP contribution in [0.3, 0.4) is 0 Å². The smallest absolute Gasteiger partial charge is 0.416 e. The lowest BCUT2D eigenvalue weighted by Crippen LogP contribution is -2.04. The van der Waals surface area contributed by atoms with E-state index >= 15 is 0 Å². The molecule has 0 radical (unpaired) electrons. The Morgan fingerprint density at radius 3 is 2.06 bits per heavy atom. The molecule has 0 heterocycles. The minimum atomic E-state index is -4.38. The van der Waals surface area contributed by atoms with Crippen LogP contribution in [-0.4, -0.2) is 37.6 Å². The number of carboxylic acid groups (broad SMARTS) is 1. The minimum absolute atomic E-state index is 0.0322. The summed E-state index contributed by atoms with van der Waals surface area (Å²) in [6.07, 6.45) is -3.05. The van der Waals surface area contributed by atoms with Crippen molar-refractivity contribution >= 4 is 12.3 Å². The maximum atomic E-state index is 12.0. The molecule has 3 aromatic carbocycles. The molecule has 6 nitrogen and oxygen atoms in total. The van der Waals surface area contributed by atoms with E-state index in [1.165, 1.54) is 36.9 Å². The third kappa shape index (κ3) is 11.2. The zero-order valence-electron chi connectivity index (χ0n) is 19.4. The fourth-order valence-electron chi connectivity index (χ4n) is 2.61. The zero-order chi connectivity index (χ0) is 26.3. The summed E-state index contributed by atoms with van der Waals surface area (Å²) in [5.41, 5.74) is 6.19. The molecule has 188 valence electrons. The number of aldehydes is 1. The largest absolute Gasteiger partial charge is 0.497 e. The van der Waals surface area contributed by atoms with Gasteiger partial charge in [0.05, 0.1) is 24.8 Å². The number of methoxy groups -OCH3 is 1. The van der Waals surface area contributed by atoms with Gasteiger partial charge in [-0.15, -0.1) is 0 Å². The van der Waals surface area contributed by atoms with E-state index in [9.17, 15) is 22.8 Å². The molecule has 0 unspecified atom stereocenters. The van der Waals surface area contributed by atoms with E-state index in [0.29, 0.717) is 18.6 Å². The Labute approximate surface area is 202 Å². The second kappa shape index (κ2) is 15.1. The SMILES string of the molecule is CCOc1ccc(CCN)cc1.COc1ccc(C(=O)O)cc1.O=Cc1cccc(C(F)(F)F)c1. The number of carbonyl (C=O) groups is 2. The van der Waals surface area contributed by atoms with Crippen LogP contribution >= 0.6 is 0 Å². The van der Waals surface area contributed by atoms with Crippen LogP contribution in [0.2, 0.25) is 0 Å². The Kier molecular flexibility index (Phi) is 12.6. The van der Waals surface area contributed by atoms with Gasteiger partial charge in [-0.05, 0) is 74.0 Å². The van der Waals surface area contributed by atoms with Crippen molar-refractivity contribution < 1.29 is 37.3 Å². The number of aromatic carboxylic acids is 1. The van der Waals surface area contributed by atoms with Crippen LogP contribution in [0.15, 0.2) is 72.8 Å². The molecule has 0 saturated heterocycles. The van der Waals surface area contributed by atoms with Gasteiger partial charge in [-0.3, -0.25) is 4.79 Å². The van der Waals surface area contributed by atoms with Crippen molar-refractivity contribution in [3.05, 3.63) is 95.1 Å². The zero-order valence-corrected chi connectivity index (χ0v) is 19.4. The van der Waals surface area contributed by atoms with Crippen LogP contribution < -0.4 is 15.2 Å². The second-order valence-corrected chi connectivity index (χ2v) is 6.89. The number of halogens is 3. The summed E-state index contributed by atoms with van der Waals surface area (Å²) in [7, 11) is 1.54. The van der Waals surface area contributed by atoms with E-state index in [-0.39, 0.29) is 11.1 Å². The Bertz CT molecular complexity index is 1010. The lowest BCUT2D eigenvalue weighted by atomic mass is 10.1. The standard InChI is InChI=1S/C10H15NO.C8H5F3O.C8H8O3/c1-2-12-10-5-3-9(4-6-10)7-8-11;9-8(10,11)7-3-1-2-6(4-7)5-12;1-11-7-4-2-6(3-5-7)8(9)10/h3-6H,2,7-8,11H2,1H3;1-5H;2-5H,1H3,(H,9,10). The van der Waals surface area contributed by atoms with Crippen LogP contribution in [0, 0.1) is 0 Å². The highest BCUT2D eigenvalue weighted by atomic mass is 19.4. The van der Waals surface area contributed by atoms with Crippen LogP contribution in [0.5, 0.6) is 11.5 Å². The van der Waals surface area contributed by atoms with Crippen LogP contribution in [0.1, 0.15) is 38.8 Å². The molecule has 0 aliphatic carbocycles. The van der Waals surface area contributed by atoms with Crippen molar-refractivity contribution in [3.8, 4) is 11.5 Å². The van der Waals surface area contributed by atoms with E-state index in [1.54, 1.807) is 12.1 Å². The summed E-state index contributed by atoms with van der Waals surface area (Å²) in [5, 5.41) is 8.51. The topological polar surface area (TPSA) is 98.8 Å². The Morgan fingerprint density at radius 1 is 1.00 bits per heavy atom. The first-order valence-corrected chi connectivity index (χ1v) is 10.6. The van der Waals surface area contributed by atoms with Crippen LogP contribution in [0.4, 0.5) is 13.2 Å². The highest BCUT2D eigenvalue weighted by Gasteiger charge is 2.30. The molecule has 0 fully saturated rings. The van der Waals surface area contributed by atoms with Crippen LogP contribution in [-0.2, 0) is 12.6 Å². The van der Waals surface area contributed by atoms with Crippen molar-refractivity contribution in [2.24, 2.45) is 5.73 Å². The van der Waals surface area contributed by atoms with Gasteiger partial charge in [0.25, 0.3) is 0 Å². The summed E-state index contributed by atoms with van der Waals surface area (Å²) in [6.45, 7) is 3.40. The molecule has 35 heavy (non-hydrogen) atoms. The fourth-order valence-corrected chi connectivity index (χ4v) is 2.61. The molecule has 0 spiro atoms. The lowest BCUT2D eigenvalue weighted by Gasteiger charge is -2.05. The lowest BCUT2D eigenvalue weighted by molar-refractivity contribution is -0.137. The van der Waals surface area contributed by atoms with E-state index in [4.69, 9.17) is 20.3 Å². The molecule has 0 amide bonds. The number of carboxylic acids is 1. The van der Waals surface area contributed by atoms with Crippen LogP contribution in [0.25, 0.3) is 0 Å². The molecule has 9 heteroatoms. The predicted molar refractivity (Wildman–Crippen MR) is 127 cm³/mol. The van der Waals surface area contributed by atoms with Crippen molar-refractivity contribution in [2.75, 3.05) is 20.3 Å². The van der Waals surface area contributed by atoms with Crippen molar-refractivity contribution in [1.82, 2.24) is 0 Å². The second-order valence-electron chi connectivity index (χ2n) is 6.89. The third-order valence-corrected chi connectivity index (χ3v) is 4.35. The molecule has 3 aromatic rings. The first-order chi connectivity index (χ1) is 16.6. The molecular weight excluding hydrogens is 463 g/mol. The highest BCUT2D eigenvalue weighted by molar-refractivity contribution is 5.87. The van der Waals surface area contributed by atoms with Crippen molar-refractivity contribution in [1.29, 1.82) is 0 Å². The molecular formula is C26H28F3NO5. The average molecular weight is 492 g/mol. The average Bonchev–Trinajstić information content (AvgIpc) is 2.86.